The van der Waals surface area contributed by atoms with Crippen LogP contribution in [0.5, 0.6) is 0 Å². The zero-order chi connectivity index (χ0) is 8.69. The molecule has 0 saturated carbocycles. The SMILES string of the molecule is CC(=N/C(C)=C/C=C\Br)NN. The van der Waals surface area contributed by atoms with E-state index in [4.69, 9.17) is 5.84 Å². The first-order valence-electron chi connectivity index (χ1n) is 3.16. The number of amidine groups is 1. The number of halogens is 1. The van der Waals surface area contributed by atoms with Crippen LogP contribution in [0.4, 0.5) is 0 Å². The van der Waals surface area contributed by atoms with Gasteiger partial charge in [0, 0.05) is 5.70 Å². The standard InChI is InChI=1S/C7H12BrN3/c1-6(4-3-5-8)10-7(2)11-9/h3-5H,9H2,1-2H3,(H,10,11)/b5-3-,6-4+. The lowest BCUT2D eigenvalue weighted by Crippen LogP contribution is -2.27. The molecule has 0 aromatic heterocycles. The molecule has 0 aromatic rings. The van der Waals surface area contributed by atoms with Crippen LogP contribution in [0.3, 0.4) is 0 Å². The minimum atomic E-state index is 0.696. The maximum Gasteiger partial charge on any atom is 0.113 e. The lowest BCUT2D eigenvalue weighted by atomic mass is 10.4. The number of nitrogens with zero attached hydrogens (tertiary/aromatic N) is 1. The molecule has 11 heavy (non-hydrogen) atoms. The molecule has 0 bridgehead atoms. The second-order valence-electron chi connectivity index (χ2n) is 1.97. The topological polar surface area (TPSA) is 50.4 Å². The van der Waals surface area contributed by atoms with Crippen LogP contribution >= 0.6 is 15.9 Å². The fourth-order valence-electron chi connectivity index (χ4n) is 0.510. The van der Waals surface area contributed by atoms with Crippen LogP contribution in [0, 0.1) is 0 Å². The van der Waals surface area contributed by atoms with E-state index in [0.29, 0.717) is 5.84 Å². The van der Waals surface area contributed by atoms with Crippen molar-refractivity contribution in [1.29, 1.82) is 0 Å². The molecule has 0 aliphatic rings. The number of hydrogen-bond donors (Lipinski definition) is 2. The summed E-state index contributed by atoms with van der Waals surface area (Å²) in [5.41, 5.74) is 3.34. The lowest BCUT2D eigenvalue weighted by molar-refractivity contribution is 1.01. The Balaban J connectivity index is 4.14. The number of hydrogen-bond acceptors (Lipinski definition) is 2. The monoisotopic (exact) mass is 217 g/mol. The summed E-state index contributed by atoms with van der Waals surface area (Å²) >= 11 is 3.15. The van der Waals surface area contributed by atoms with Crippen LogP contribution in [0.15, 0.2) is 27.8 Å². The van der Waals surface area contributed by atoms with Gasteiger partial charge in [-0.1, -0.05) is 22.0 Å². The van der Waals surface area contributed by atoms with Crippen LogP contribution in [0.1, 0.15) is 13.8 Å². The van der Waals surface area contributed by atoms with Gasteiger partial charge in [-0.2, -0.15) is 0 Å². The predicted octanol–water partition coefficient (Wildman–Crippen LogP) is 1.68. The summed E-state index contributed by atoms with van der Waals surface area (Å²) in [5, 5.41) is 0. The van der Waals surface area contributed by atoms with Gasteiger partial charge in [-0.25, -0.2) is 10.8 Å². The van der Waals surface area contributed by atoms with E-state index >= 15 is 0 Å². The summed E-state index contributed by atoms with van der Waals surface area (Å²) in [6, 6.07) is 0. The summed E-state index contributed by atoms with van der Waals surface area (Å²) in [6.45, 7) is 3.70. The van der Waals surface area contributed by atoms with Crippen LogP contribution in [-0.4, -0.2) is 5.84 Å². The Kier molecular flexibility index (Phi) is 5.78. The van der Waals surface area contributed by atoms with Gasteiger partial charge in [-0.05, 0) is 24.9 Å². The Bertz CT molecular complexity index is 194. The molecule has 0 aliphatic carbocycles. The van der Waals surface area contributed by atoms with E-state index < -0.39 is 0 Å². The van der Waals surface area contributed by atoms with Gasteiger partial charge in [-0.15, -0.1) is 0 Å². The molecule has 0 aromatic carbocycles. The van der Waals surface area contributed by atoms with Crippen molar-refractivity contribution < 1.29 is 0 Å². The van der Waals surface area contributed by atoms with Gasteiger partial charge < -0.3 is 5.43 Å². The van der Waals surface area contributed by atoms with Gasteiger partial charge in [0.25, 0.3) is 0 Å². The molecular weight excluding hydrogens is 206 g/mol. The van der Waals surface area contributed by atoms with Gasteiger partial charge in [0.05, 0.1) is 0 Å². The second-order valence-corrected chi connectivity index (χ2v) is 2.50. The highest BCUT2D eigenvalue weighted by Gasteiger charge is 1.84. The second kappa shape index (κ2) is 6.12. The van der Waals surface area contributed by atoms with E-state index in [1.165, 1.54) is 0 Å². The Hall–Kier alpha value is -0.610. The maximum atomic E-state index is 5.11. The van der Waals surface area contributed by atoms with Crippen molar-refractivity contribution in [3.05, 3.63) is 22.8 Å². The third-order valence-corrected chi connectivity index (χ3v) is 1.27. The van der Waals surface area contributed by atoms with Crippen molar-refractivity contribution in [2.24, 2.45) is 10.8 Å². The molecule has 0 rings (SSSR count). The molecule has 0 spiro atoms. The number of nitrogens with two attached hydrogens (primary N) is 1. The highest BCUT2D eigenvalue weighted by atomic mass is 79.9. The number of rotatable bonds is 2. The lowest BCUT2D eigenvalue weighted by Gasteiger charge is -1.96. The quantitative estimate of drug-likeness (QED) is 0.243. The van der Waals surface area contributed by atoms with Gasteiger partial charge in [0.15, 0.2) is 0 Å². The zero-order valence-electron chi connectivity index (χ0n) is 6.63. The van der Waals surface area contributed by atoms with Crippen LogP contribution in [0.25, 0.3) is 0 Å². The number of hydrazine groups is 1. The van der Waals surface area contributed by atoms with E-state index in [2.05, 4.69) is 26.3 Å². The average molecular weight is 218 g/mol. The van der Waals surface area contributed by atoms with Crippen molar-refractivity contribution in [3.8, 4) is 0 Å². The molecule has 0 radical (unpaired) electrons. The van der Waals surface area contributed by atoms with Crippen LogP contribution in [0.2, 0.25) is 0 Å². The van der Waals surface area contributed by atoms with Crippen molar-refractivity contribution in [3.63, 3.8) is 0 Å². The van der Waals surface area contributed by atoms with Crippen molar-refractivity contribution >= 4 is 21.8 Å². The average Bonchev–Trinajstić information content (AvgIpc) is 2.00. The van der Waals surface area contributed by atoms with Crippen LogP contribution < -0.4 is 11.3 Å². The molecule has 0 aliphatic heterocycles. The number of aliphatic imine (C=N–C) groups is 1. The highest BCUT2D eigenvalue weighted by Crippen LogP contribution is 1.96. The molecular formula is C7H12BrN3. The first-order chi connectivity index (χ1) is 5.20. The number of nitrogens with one attached hydrogen (secondary N) is 1. The minimum absolute atomic E-state index is 0.696. The maximum absolute atomic E-state index is 5.11. The molecule has 0 atom stereocenters. The molecule has 62 valence electrons. The first-order valence-corrected chi connectivity index (χ1v) is 4.08. The van der Waals surface area contributed by atoms with Gasteiger partial charge in [-0.3, -0.25) is 0 Å². The summed E-state index contributed by atoms with van der Waals surface area (Å²) in [4.78, 5) is 5.86. The Morgan fingerprint density at radius 2 is 2.18 bits per heavy atom. The van der Waals surface area contributed by atoms with Gasteiger partial charge in [0.1, 0.15) is 5.84 Å². The first kappa shape index (κ1) is 10.4. The summed E-state index contributed by atoms with van der Waals surface area (Å²) < 4.78 is 0. The molecule has 0 heterocycles. The summed E-state index contributed by atoms with van der Waals surface area (Å²) in [6.07, 6.45) is 3.72. The molecule has 0 amide bonds. The molecule has 0 unspecified atom stereocenters. The van der Waals surface area contributed by atoms with E-state index in [1.807, 2.05) is 19.1 Å². The molecule has 0 fully saturated rings. The molecule has 3 nitrogen and oxygen atoms in total. The smallest absolute Gasteiger partial charge is 0.113 e. The van der Waals surface area contributed by atoms with Gasteiger partial charge in [0.2, 0.25) is 0 Å². The minimum Gasteiger partial charge on any atom is -0.312 e. The summed E-state index contributed by atoms with van der Waals surface area (Å²) in [5.74, 6) is 5.81. The largest absolute Gasteiger partial charge is 0.312 e. The van der Waals surface area contributed by atoms with Crippen molar-refractivity contribution in [1.82, 2.24) is 5.43 Å². The third-order valence-electron chi connectivity index (χ3n) is 0.963. The Morgan fingerprint density at radius 3 is 2.64 bits per heavy atom. The zero-order valence-corrected chi connectivity index (χ0v) is 8.22. The van der Waals surface area contributed by atoms with Crippen molar-refractivity contribution in [2.45, 2.75) is 13.8 Å². The molecule has 3 N–H and O–H groups in total. The third kappa shape index (κ3) is 5.82. The van der Waals surface area contributed by atoms with Crippen molar-refractivity contribution in [2.75, 3.05) is 0 Å². The normalized spacial score (nSPS) is 14.2. The van der Waals surface area contributed by atoms with Gasteiger partial charge >= 0.3 is 0 Å². The number of allylic oxidation sites excluding steroid dienone is 3. The van der Waals surface area contributed by atoms with E-state index in [-0.39, 0.29) is 0 Å². The summed E-state index contributed by atoms with van der Waals surface area (Å²) in [7, 11) is 0. The Labute approximate surface area is 75.2 Å². The predicted molar refractivity (Wildman–Crippen MR) is 52.3 cm³/mol. The Morgan fingerprint density at radius 1 is 1.55 bits per heavy atom. The van der Waals surface area contributed by atoms with E-state index in [9.17, 15) is 0 Å². The molecule has 0 saturated heterocycles. The highest BCUT2D eigenvalue weighted by molar-refractivity contribution is 9.11. The van der Waals surface area contributed by atoms with E-state index in [1.54, 1.807) is 11.9 Å². The fourth-order valence-corrected chi connectivity index (χ4v) is 0.662. The molecule has 4 heteroatoms. The van der Waals surface area contributed by atoms with E-state index in [0.717, 1.165) is 5.70 Å². The van der Waals surface area contributed by atoms with Crippen LogP contribution in [-0.2, 0) is 0 Å². The fraction of sp³-hybridized carbons (Fsp3) is 0.286.